The molecular weight excluding hydrogens is 258 g/mol. The van der Waals surface area contributed by atoms with Gasteiger partial charge in [0.15, 0.2) is 0 Å². The molecule has 0 radical (unpaired) electrons. The Bertz CT molecular complexity index is 590. The molecule has 0 amide bonds. The maximum Gasteiger partial charge on any atom is 0.118 e. The Balaban J connectivity index is 2.12. The highest BCUT2D eigenvalue weighted by molar-refractivity contribution is 5.41. The van der Waals surface area contributed by atoms with E-state index in [-0.39, 0.29) is 5.92 Å². The largest absolute Gasteiger partial charge is 0.380 e. The fourth-order valence-corrected chi connectivity index (χ4v) is 3.54. The number of rotatable bonds is 3. The van der Waals surface area contributed by atoms with Crippen LogP contribution in [0.4, 0.5) is 0 Å². The number of hydrogen-bond acceptors (Lipinski definition) is 2. The third-order valence-corrected chi connectivity index (χ3v) is 4.70. The Morgan fingerprint density at radius 3 is 2.24 bits per heavy atom. The third kappa shape index (κ3) is 2.61. The van der Waals surface area contributed by atoms with Gasteiger partial charge in [-0.2, -0.15) is 0 Å². The van der Waals surface area contributed by atoms with Gasteiger partial charge in [0.25, 0.3) is 0 Å². The van der Waals surface area contributed by atoms with Crippen LogP contribution in [0, 0.1) is 12.8 Å². The van der Waals surface area contributed by atoms with Crippen LogP contribution in [0.25, 0.3) is 0 Å². The predicted octanol–water partition coefficient (Wildman–Crippen LogP) is 3.23. The van der Waals surface area contributed by atoms with Gasteiger partial charge < -0.3 is 10.4 Å². The van der Waals surface area contributed by atoms with Crippen LogP contribution in [-0.4, -0.2) is 18.2 Å². The summed E-state index contributed by atoms with van der Waals surface area (Å²) in [5.74, 6) is 0.252. The Hall–Kier alpha value is -1.64. The second-order valence-electron chi connectivity index (χ2n) is 5.97. The SMILES string of the molecule is Cc1ccccc1C(O)(c1ccccc1)C1CCNCC1. The molecule has 2 aromatic carbocycles. The minimum Gasteiger partial charge on any atom is -0.380 e. The van der Waals surface area contributed by atoms with E-state index in [9.17, 15) is 5.11 Å². The topological polar surface area (TPSA) is 32.3 Å². The lowest BCUT2D eigenvalue weighted by atomic mass is 9.71. The molecule has 3 rings (SSSR count). The molecule has 1 fully saturated rings. The average Bonchev–Trinajstić information content (AvgIpc) is 2.56. The highest BCUT2D eigenvalue weighted by atomic mass is 16.3. The van der Waals surface area contributed by atoms with Crippen molar-refractivity contribution >= 4 is 0 Å². The molecule has 1 aliphatic rings. The first kappa shape index (κ1) is 14.3. The highest BCUT2D eigenvalue weighted by Gasteiger charge is 2.41. The smallest absolute Gasteiger partial charge is 0.118 e. The van der Waals surface area contributed by atoms with Crippen LogP contribution in [0.3, 0.4) is 0 Å². The molecule has 0 saturated carbocycles. The van der Waals surface area contributed by atoms with Crippen LogP contribution in [0.2, 0.25) is 0 Å². The molecule has 2 nitrogen and oxygen atoms in total. The molecule has 2 aromatic rings. The Labute approximate surface area is 126 Å². The van der Waals surface area contributed by atoms with Gasteiger partial charge in [-0.1, -0.05) is 54.6 Å². The maximum atomic E-state index is 11.7. The fourth-order valence-electron chi connectivity index (χ4n) is 3.54. The normalized spacial score (nSPS) is 19.1. The van der Waals surface area contributed by atoms with Crippen LogP contribution >= 0.6 is 0 Å². The van der Waals surface area contributed by atoms with E-state index in [0.717, 1.165) is 42.6 Å². The zero-order valence-electron chi connectivity index (χ0n) is 12.5. The molecule has 0 spiro atoms. The number of nitrogens with one attached hydrogen (secondary N) is 1. The fraction of sp³-hybridized carbons (Fsp3) is 0.368. The summed E-state index contributed by atoms with van der Waals surface area (Å²) in [5, 5.41) is 15.1. The Morgan fingerprint density at radius 2 is 1.57 bits per heavy atom. The summed E-state index contributed by atoms with van der Waals surface area (Å²) >= 11 is 0. The molecule has 2 N–H and O–H groups in total. The summed E-state index contributed by atoms with van der Waals surface area (Å²) < 4.78 is 0. The molecule has 0 bridgehead atoms. The van der Waals surface area contributed by atoms with E-state index in [1.54, 1.807) is 0 Å². The minimum absolute atomic E-state index is 0.252. The van der Waals surface area contributed by atoms with Crippen molar-refractivity contribution in [3.63, 3.8) is 0 Å². The van der Waals surface area contributed by atoms with E-state index in [1.165, 1.54) is 0 Å². The van der Waals surface area contributed by atoms with Crippen molar-refractivity contribution in [2.75, 3.05) is 13.1 Å². The van der Waals surface area contributed by atoms with Crippen molar-refractivity contribution in [1.29, 1.82) is 0 Å². The van der Waals surface area contributed by atoms with Crippen molar-refractivity contribution in [3.05, 3.63) is 71.3 Å². The van der Waals surface area contributed by atoms with E-state index in [1.807, 2.05) is 30.3 Å². The maximum absolute atomic E-state index is 11.7. The first-order chi connectivity index (χ1) is 10.2. The van der Waals surface area contributed by atoms with Gasteiger partial charge in [0.1, 0.15) is 5.60 Å². The summed E-state index contributed by atoms with van der Waals surface area (Å²) in [4.78, 5) is 0. The van der Waals surface area contributed by atoms with Crippen molar-refractivity contribution in [2.45, 2.75) is 25.4 Å². The molecule has 1 aliphatic heterocycles. The lowest BCUT2D eigenvalue weighted by Gasteiger charge is -2.40. The molecule has 1 unspecified atom stereocenters. The van der Waals surface area contributed by atoms with Gasteiger partial charge in [-0.15, -0.1) is 0 Å². The van der Waals surface area contributed by atoms with Gasteiger partial charge in [-0.05, 0) is 55.5 Å². The molecular formula is C19H23NO. The molecule has 2 heteroatoms. The Morgan fingerprint density at radius 1 is 0.952 bits per heavy atom. The second-order valence-corrected chi connectivity index (χ2v) is 5.97. The average molecular weight is 281 g/mol. The number of aryl methyl sites for hydroxylation is 1. The van der Waals surface area contributed by atoms with E-state index in [2.05, 4.69) is 36.5 Å². The first-order valence-electron chi connectivity index (χ1n) is 7.77. The summed E-state index contributed by atoms with van der Waals surface area (Å²) in [6.45, 7) is 4.04. The molecule has 1 saturated heterocycles. The van der Waals surface area contributed by atoms with Crippen LogP contribution in [0.5, 0.6) is 0 Å². The summed E-state index contributed by atoms with van der Waals surface area (Å²) in [5.41, 5.74) is 2.31. The third-order valence-electron chi connectivity index (χ3n) is 4.70. The van der Waals surface area contributed by atoms with E-state index in [0.29, 0.717) is 0 Å². The molecule has 1 atom stereocenters. The minimum atomic E-state index is -0.894. The summed E-state index contributed by atoms with van der Waals surface area (Å²) in [7, 11) is 0. The van der Waals surface area contributed by atoms with Crippen molar-refractivity contribution in [2.24, 2.45) is 5.92 Å². The number of piperidine rings is 1. The summed E-state index contributed by atoms with van der Waals surface area (Å²) in [6, 6.07) is 18.4. The van der Waals surface area contributed by atoms with E-state index >= 15 is 0 Å². The van der Waals surface area contributed by atoms with Crippen LogP contribution in [0.1, 0.15) is 29.5 Å². The highest BCUT2D eigenvalue weighted by Crippen LogP contribution is 2.42. The monoisotopic (exact) mass is 281 g/mol. The molecule has 1 heterocycles. The van der Waals surface area contributed by atoms with Crippen molar-refractivity contribution < 1.29 is 5.11 Å². The Kier molecular flexibility index (Phi) is 4.09. The second kappa shape index (κ2) is 6.00. The number of hydrogen-bond donors (Lipinski definition) is 2. The van der Waals surface area contributed by atoms with Gasteiger partial charge in [-0.25, -0.2) is 0 Å². The number of aliphatic hydroxyl groups is 1. The van der Waals surface area contributed by atoms with Crippen LogP contribution in [0.15, 0.2) is 54.6 Å². The molecule has 0 aromatic heterocycles. The van der Waals surface area contributed by atoms with E-state index in [4.69, 9.17) is 0 Å². The van der Waals surface area contributed by atoms with E-state index < -0.39 is 5.60 Å². The standard InChI is InChI=1S/C19H23NO/c1-15-7-5-6-10-18(15)19(21,16-8-3-2-4-9-16)17-11-13-20-14-12-17/h2-10,17,20-21H,11-14H2,1H3. The lowest BCUT2D eigenvalue weighted by molar-refractivity contribution is 0.00184. The van der Waals surface area contributed by atoms with Crippen LogP contribution < -0.4 is 5.32 Å². The van der Waals surface area contributed by atoms with Gasteiger partial charge in [0.2, 0.25) is 0 Å². The molecule has 21 heavy (non-hydrogen) atoms. The lowest BCUT2D eigenvalue weighted by Crippen LogP contribution is -2.43. The van der Waals surface area contributed by atoms with Gasteiger partial charge in [0, 0.05) is 0 Å². The first-order valence-corrected chi connectivity index (χ1v) is 7.77. The predicted molar refractivity (Wildman–Crippen MR) is 86.2 cm³/mol. The van der Waals surface area contributed by atoms with Crippen molar-refractivity contribution in [3.8, 4) is 0 Å². The zero-order chi connectivity index (χ0) is 14.7. The van der Waals surface area contributed by atoms with Gasteiger partial charge in [0.05, 0.1) is 0 Å². The number of benzene rings is 2. The van der Waals surface area contributed by atoms with Crippen molar-refractivity contribution in [1.82, 2.24) is 5.32 Å². The quantitative estimate of drug-likeness (QED) is 0.905. The van der Waals surface area contributed by atoms with Gasteiger partial charge in [-0.3, -0.25) is 0 Å². The zero-order valence-corrected chi connectivity index (χ0v) is 12.5. The molecule has 110 valence electrons. The van der Waals surface area contributed by atoms with Gasteiger partial charge >= 0.3 is 0 Å². The van der Waals surface area contributed by atoms with Crippen LogP contribution in [-0.2, 0) is 5.60 Å². The molecule has 0 aliphatic carbocycles. The summed E-state index contributed by atoms with van der Waals surface area (Å²) in [6.07, 6.45) is 2.00.